The number of rotatable bonds is 2. The van der Waals surface area contributed by atoms with Gasteiger partial charge in [0.25, 0.3) is 0 Å². The Hall–Kier alpha value is -2.86. The molecule has 0 aromatic carbocycles. The highest BCUT2D eigenvalue weighted by atomic mass is 35.5. The lowest BCUT2D eigenvalue weighted by Gasteiger charge is -2.04. The number of hydrogen-bond acceptors (Lipinski definition) is 5. The number of pyridine rings is 2. The lowest BCUT2D eigenvalue weighted by molar-refractivity contribution is 0.874. The normalized spacial score (nSPS) is 11.0. The molecule has 0 radical (unpaired) electrons. The third-order valence-electron chi connectivity index (χ3n) is 3.40. The molecule has 0 aliphatic heterocycles. The zero-order valence-corrected chi connectivity index (χ0v) is 12.9. The number of aromatic nitrogens is 6. The van der Waals surface area contributed by atoms with Crippen molar-refractivity contribution in [2.24, 2.45) is 0 Å². The second-order valence-electron chi connectivity index (χ2n) is 5.07. The topological polar surface area (TPSA) is 69.4 Å². The Balaban J connectivity index is 1.88. The van der Waals surface area contributed by atoms with Crippen LogP contribution in [0.25, 0.3) is 28.1 Å². The highest BCUT2D eigenvalue weighted by Gasteiger charge is 2.10. The molecule has 0 fully saturated rings. The minimum absolute atomic E-state index is 0.586. The first-order chi connectivity index (χ1) is 11.2. The van der Waals surface area contributed by atoms with Crippen LogP contribution in [0.15, 0.2) is 49.2 Å². The molecule has 0 saturated heterocycles. The summed E-state index contributed by atoms with van der Waals surface area (Å²) in [5.41, 5.74) is 3.21. The Kier molecular flexibility index (Phi) is 3.24. The molecule has 0 unspecified atom stereocenters. The molecule has 7 heteroatoms. The fraction of sp³-hybridized carbons (Fsp3) is 0.0625. The zero-order valence-electron chi connectivity index (χ0n) is 12.2. The fourth-order valence-corrected chi connectivity index (χ4v) is 2.43. The Morgan fingerprint density at radius 2 is 1.87 bits per heavy atom. The van der Waals surface area contributed by atoms with E-state index in [9.17, 15) is 0 Å². The maximum absolute atomic E-state index is 5.89. The average Bonchev–Trinajstić information content (AvgIpc) is 2.99. The van der Waals surface area contributed by atoms with E-state index >= 15 is 0 Å². The summed E-state index contributed by atoms with van der Waals surface area (Å²) in [6, 6.07) is 5.54. The molecule has 4 aromatic heterocycles. The van der Waals surface area contributed by atoms with Crippen LogP contribution in [-0.2, 0) is 0 Å². The van der Waals surface area contributed by atoms with Gasteiger partial charge in [-0.05, 0) is 25.1 Å². The summed E-state index contributed by atoms with van der Waals surface area (Å²) in [4.78, 5) is 17.4. The Morgan fingerprint density at radius 1 is 0.957 bits per heavy atom. The molecule has 0 N–H and O–H groups in total. The van der Waals surface area contributed by atoms with Crippen molar-refractivity contribution in [3.8, 4) is 17.2 Å². The van der Waals surface area contributed by atoms with Crippen LogP contribution in [0.4, 0.5) is 0 Å². The summed E-state index contributed by atoms with van der Waals surface area (Å²) in [6.07, 6.45) is 8.53. The Morgan fingerprint density at radius 3 is 2.65 bits per heavy atom. The first-order valence-electron chi connectivity index (χ1n) is 6.95. The summed E-state index contributed by atoms with van der Waals surface area (Å²) >= 11 is 5.89. The second kappa shape index (κ2) is 5.40. The van der Waals surface area contributed by atoms with Crippen molar-refractivity contribution in [3.05, 3.63) is 59.9 Å². The van der Waals surface area contributed by atoms with Crippen LogP contribution in [0.5, 0.6) is 0 Å². The van der Waals surface area contributed by atoms with E-state index in [1.165, 1.54) is 0 Å². The van der Waals surface area contributed by atoms with Crippen molar-refractivity contribution >= 4 is 22.5 Å². The van der Waals surface area contributed by atoms with Crippen LogP contribution in [-0.4, -0.2) is 29.7 Å². The summed E-state index contributed by atoms with van der Waals surface area (Å²) in [5, 5.41) is 5.89. The van der Waals surface area contributed by atoms with Crippen molar-refractivity contribution in [2.75, 3.05) is 0 Å². The van der Waals surface area contributed by atoms with Gasteiger partial charge in [-0.2, -0.15) is 5.10 Å². The van der Waals surface area contributed by atoms with Gasteiger partial charge in [0.15, 0.2) is 5.82 Å². The first kappa shape index (κ1) is 13.8. The summed E-state index contributed by atoms with van der Waals surface area (Å²) < 4.78 is 1.75. The molecule has 4 aromatic rings. The molecule has 4 rings (SSSR count). The number of aryl methyl sites for hydroxylation is 1. The highest BCUT2D eigenvalue weighted by Crippen LogP contribution is 2.22. The zero-order chi connectivity index (χ0) is 15.8. The van der Waals surface area contributed by atoms with Gasteiger partial charge in [0, 0.05) is 24.0 Å². The predicted molar refractivity (Wildman–Crippen MR) is 87.4 cm³/mol. The third-order valence-corrected chi connectivity index (χ3v) is 3.62. The van der Waals surface area contributed by atoms with Gasteiger partial charge in [-0.15, -0.1) is 0 Å². The standard InChI is InChI=1S/C16H11ClN6/c1-10-5-18-9-14(22-10)13-4-15-11(6-19-13)7-21-23(15)16-3-2-12(17)8-20-16/h2-9H,1H3. The lowest BCUT2D eigenvalue weighted by Crippen LogP contribution is -1.99. The van der Waals surface area contributed by atoms with E-state index in [1.54, 1.807) is 41.7 Å². The van der Waals surface area contributed by atoms with Crippen LogP contribution >= 0.6 is 11.6 Å². The van der Waals surface area contributed by atoms with Crippen molar-refractivity contribution in [1.82, 2.24) is 29.7 Å². The van der Waals surface area contributed by atoms with Crippen LogP contribution in [0.2, 0.25) is 5.02 Å². The summed E-state index contributed by atoms with van der Waals surface area (Å²) in [6.45, 7) is 1.90. The molecule has 23 heavy (non-hydrogen) atoms. The maximum Gasteiger partial charge on any atom is 0.154 e. The molecular weight excluding hydrogens is 312 g/mol. The predicted octanol–water partition coefficient (Wildman–Crippen LogP) is 3.23. The van der Waals surface area contributed by atoms with Gasteiger partial charge >= 0.3 is 0 Å². The highest BCUT2D eigenvalue weighted by molar-refractivity contribution is 6.30. The Labute approximate surface area is 136 Å². The molecule has 0 amide bonds. The van der Waals surface area contributed by atoms with Crippen molar-refractivity contribution in [2.45, 2.75) is 6.92 Å². The molecule has 0 bridgehead atoms. The molecule has 0 atom stereocenters. The maximum atomic E-state index is 5.89. The molecule has 0 saturated carbocycles. The SMILES string of the molecule is Cc1cncc(-c2cc3c(cn2)cnn3-c2ccc(Cl)cn2)n1. The van der Waals surface area contributed by atoms with Crippen LogP contribution in [0.3, 0.4) is 0 Å². The van der Waals surface area contributed by atoms with E-state index in [4.69, 9.17) is 11.6 Å². The summed E-state index contributed by atoms with van der Waals surface area (Å²) in [7, 11) is 0. The molecule has 0 aliphatic rings. The molecule has 6 nitrogen and oxygen atoms in total. The van der Waals surface area contributed by atoms with E-state index in [0.29, 0.717) is 10.8 Å². The van der Waals surface area contributed by atoms with E-state index in [1.807, 2.05) is 19.1 Å². The van der Waals surface area contributed by atoms with E-state index in [0.717, 1.165) is 28.0 Å². The number of hydrogen-bond donors (Lipinski definition) is 0. The average molecular weight is 323 g/mol. The number of nitrogens with zero attached hydrogens (tertiary/aromatic N) is 6. The molecule has 4 heterocycles. The smallest absolute Gasteiger partial charge is 0.154 e. The van der Waals surface area contributed by atoms with Gasteiger partial charge in [0.05, 0.1) is 34.3 Å². The van der Waals surface area contributed by atoms with Gasteiger partial charge in [0.2, 0.25) is 0 Å². The Bertz CT molecular complexity index is 993. The van der Waals surface area contributed by atoms with Gasteiger partial charge in [-0.1, -0.05) is 11.6 Å². The van der Waals surface area contributed by atoms with E-state index in [-0.39, 0.29) is 0 Å². The van der Waals surface area contributed by atoms with Gasteiger partial charge in [-0.3, -0.25) is 9.97 Å². The molecule has 112 valence electrons. The molecular formula is C16H11ClN6. The van der Waals surface area contributed by atoms with Gasteiger partial charge < -0.3 is 0 Å². The van der Waals surface area contributed by atoms with Crippen LogP contribution in [0, 0.1) is 6.92 Å². The molecule has 0 spiro atoms. The lowest BCUT2D eigenvalue weighted by atomic mass is 10.2. The van der Waals surface area contributed by atoms with Crippen LogP contribution < -0.4 is 0 Å². The van der Waals surface area contributed by atoms with E-state index < -0.39 is 0 Å². The van der Waals surface area contributed by atoms with Crippen LogP contribution in [0.1, 0.15) is 5.69 Å². The number of halogens is 1. The third kappa shape index (κ3) is 2.53. The monoisotopic (exact) mass is 322 g/mol. The summed E-state index contributed by atoms with van der Waals surface area (Å²) in [5.74, 6) is 0.692. The minimum Gasteiger partial charge on any atom is -0.261 e. The fourth-order valence-electron chi connectivity index (χ4n) is 2.32. The number of fused-ring (bicyclic) bond motifs is 1. The van der Waals surface area contributed by atoms with Crippen molar-refractivity contribution in [3.63, 3.8) is 0 Å². The van der Waals surface area contributed by atoms with Gasteiger partial charge in [0.1, 0.15) is 5.69 Å². The minimum atomic E-state index is 0.586. The molecule has 0 aliphatic carbocycles. The van der Waals surface area contributed by atoms with E-state index in [2.05, 4.69) is 25.0 Å². The quantitative estimate of drug-likeness (QED) is 0.566. The first-order valence-corrected chi connectivity index (χ1v) is 7.33. The largest absolute Gasteiger partial charge is 0.261 e. The second-order valence-corrected chi connectivity index (χ2v) is 5.50. The van der Waals surface area contributed by atoms with Gasteiger partial charge in [-0.25, -0.2) is 14.6 Å². The van der Waals surface area contributed by atoms with Crippen molar-refractivity contribution < 1.29 is 0 Å². The van der Waals surface area contributed by atoms with Crippen molar-refractivity contribution in [1.29, 1.82) is 0 Å².